The number of amides is 3. The smallest absolute Gasteiger partial charge is 0.319 e. The fraction of sp³-hybridized carbons (Fsp3) is 0.438. The van der Waals surface area contributed by atoms with Crippen molar-refractivity contribution in [2.45, 2.75) is 32.2 Å². The first kappa shape index (κ1) is 16.5. The first-order valence-corrected chi connectivity index (χ1v) is 8.69. The topological polar surface area (TPSA) is 92.3 Å². The lowest BCUT2D eigenvalue weighted by Crippen LogP contribution is -2.47. The zero-order chi connectivity index (χ0) is 17.1. The summed E-state index contributed by atoms with van der Waals surface area (Å²) in [7, 11) is 1.54. The summed E-state index contributed by atoms with van der Waals surface area (Å²) in [4.78, 5) is 28.6. The third-order valence-corrected chi connectivity index (χ3v) is 4.84. The summed E-state index contributed by atoms with van der Waals surface area (Å²) in [5.41, 5.74) is 1.39. The van der Waals surface area contributed by atoms with E-state index in [0.717, 1.165) is 28.1 Å². The number of ether oxygens (including phenoxy) is 1. The van der Waals surface area contributed by atoms with Crippen molar-refractivity contribution >= 4 is 39.2 Å². The molecule has 1 aromatic heterocycles. The molecule has 1 aliphatic heterocycles. The molecule has 7 nitrogen and oxygen atoms in total. The van der Waals surface area contributed by atoms with E-state index in [4.69, 9.17) is 4.74 Å². The van der Waals surface area contributed by atoms with Crippen molar-refractivity contribution in [1.29, 1.82) is 0 Å². The molecule has 0 spiro atoms. The summed E-state index contributed by atoms with van der Waals surface area (Å²) in [6.07, 6.45) is 2.48. The molecule has 1 aromatic carbocycles. The predicted octanol–water partition coefficient (Wildman–Crippen LogP) is 2.40. The van der Waals surface area contributed by atoms with Crippen LogP contribution in [0.25, 0.3) is 10.2 Å². The highest BCUT2D eigenvalue weighted by Gasteiger charge is 2.23. The Morgan fingerprint density at radius 2 is 2.25 bits per heavy atom. The number of anilines is 1. The number of aryl methyl sites for hydroxylation is 1. The van der Waals surface area contributed by atoms with E-state index in [1.165, 1.54) is 0 Å². The normalized spacial score (nSPS) is 17.9. The Morgan fingerprint density at radius 3 is 3.04 bits per heavy atom. The van der Waals surface area contributed by atoms with Crippen molar-refractivity contribution in [3.63, 3.8) is 0 Å². The quantitative estimate of drug-likeness (QED) is 0.794. The van der Waals surface area contributed by atoms with Crippen LogP contribution in [-0.2, 0) is 4.79 Å². The molecule has 2 aromatic rings. The Labute approximate surface area is 143 Å². The van der Waals surface area contributed by atoms with Crippen LogP contribution in [0.4, 0.5) is 10.5 Å². The van der Waals surface area contributed by atoms with Gasteiger partial charge in [0.05, 0.1) is 28.0 Å². The van der Waals surface area contributed by atoms with Crippen molar-refractivity contribution in [2.75, 3.05) is 19.0 Å². The Kier molecular flexibility index (Phi) is 4.84. The second-order valence-electron chi connectivity index (χ2n) is 5.69. The molecule has 3 amide bonds. The van der Waals surface area contributed by atoms with Crippen LogP contribution >= 0.6 is 11.3 Å². The minimum Gasteiger partial charge on any atom is -0.494 e. The molecule has 0 saturated carbocycles. The molecular formula is C16H20N4O3S. The van der Waals surface area contributed by atoms with Gasteiger partial charge in [0.1, 0.15) is 11.8 Å². The van der Waals surface area contributed by atoms with Gasteiger partial charge in [-0.2, -0.15) is 0 Å². The van der Waals surface area contributed by atoms with Crippen molar-refractivity contribution in [1.82, 2.24) is 15.6 Å². The Hall–Kier alpha value is -2.35. The molecule has 3 rings (SSSR count). The van der Waals surface area contributed by atoms with Crippen LogP contribution in [0.2, 0.25) is 0 Å². The highest BCUT2D eigenvalue weighted by Crippen LogP contribution is 2.33. The molecule has 1 saturated heterocycles. The number of thiazole rings is 1. The highest BCUT2D eigenvalue weighted by atomic mass is 32.1. The minimum atomic E-state index is -0.507. The number of hydrogen-bond donors (Lipinski definition) is 3. The van der Waals surface area contributed by atoms with Crippen molar-refractivity contribution in [3.05, 3.63) is 17.1 Å². The highest BCUT2D eigenvalue weighted by molar-refractivity contribution is 7.18. The van der Waals surface area contributed by atoms with Gasteiger partial charge < -0.3 is 20.7 Å². The molecule has 128 valence electrons. The van der Waals surface area contributed by atoms with E-state index in [1.54, 1.807) is 24.5 Å². The van der Waals surface area contributed by atoms with Crippen LogP contribution in [0, 0.1) is 6.92 Å². The molecule has 1 atom stereocenters. The fourth-order valence-corrected chi connectivity index (χ4v) is 3.58. The first-order chi connectivity index (χ1) is 11.6. The maximum atomic E-state index is 12.3. The van der Waals surface area contributed by atoms with Crippen LogP contribution in [0.1, 0.15) is 24.3 Å². The number of nitrogens with zero attached hydrogens (tertiary/aromatic N) is 1. The van der Waals surface area contributed by atoms with Gasteiger partial charge in [-0.1, -0.05) is 0 Å². The van der Waals surface area contributed by atoms with Gasteiger partial charge in [0.2, 0.25) is 5.91 Å². The van der Waals surface area contributed by atoms with Crippen LogP contribution in [0.3, 0.4) is 0 Å². The Bertz CT molecular complexity index is 774. The number of carbonyl (C=O) groups is 2. The molecule has 8 heteroatoms. The zero-order valence-electron chi connectivity index (χ0n) is 13.6. The molecule has 24 heavy (non-hydrogen) atoms. The lowest BCUT2D eigenvalue weighted by molar-refractivity contribution is -0.122. The zero-order valence-corrected chi connectivity index (χ0v) is 14.5. The van der Waals surface area contributed by atoms with Crippen LogP contribution < -0.4 is 20.7 Å². The molecule has 1 aliphatic rings. The van der Waals surface area contributed by atoms with E-state index < -0.39 is 12.1 Å². The standard InChI is InChI=1S/C16H20N4O3S/c1-9-18-12-7-13(23-2)11(8-14(12)24-9)20-16(22)19-10-5-3-4-6-17-15(10)21/h7-8,10H,3-6H2,1-2H3,(H,17,21)(H2,19,20,22). The maximum Gasteiger partial charge on any atom is 0.319 e. The summed E-state index contributed by atoms with van der Waals surface area (Å²) in [6, 6.07) is 2.71. The molecular weight excluding hydrogens is 328 g/mol. The molecule has 1 fully saturated rings. The maximum absolute atomic E-state index is 12.3. The van der Waals surface area contributed by atoms with E-state index in [9.17, 15) is 9.59 Å². The Morgan fingerprint density at radius 1 is 1.42 bits per heavy atom. The minimum absolute atomic E-state index is 0.136. The summed E-state index contributed by atoms with van der Waals surface area (Å²) >= 11 is 1.55. The Balaban J connectivity index is 1.75. The average Bonchev–Trinajstić information content (AvgIpc) is 2.78. The van der Waals surface area contributed by atoms with Gasteiger partial charge in [0.15, 0.2) is 0 Å². The predicted molar refractivity (Wildman–Crippen MR) is 93.7 cm³/mol. The molecule has 3 N–H and O–H groups in total. The van der Waals surface area contributed by atoms with Crippen LogP contribution in [0.15, 0.2) is 12.1 Å². The molecule has 2 heterocycles. The van der Waals surface area contributed by atoms with Crippen LogP contribution in [0.5, 0.6) is 5.75 Å². The number of benzene rings is 1. The lowest BCUT2D eigenvalue weighted by Gasteiger charge is -2.16. The average molecular weight is 348 g/mol. The number of fused-ring (bicyclic) bond motifs is 1. The van der Waals surface area contributed by atoms with Gasteiger partial charge in [0, 0.05) is 12.6 Å². The van der Waals surface area contributed by atoms with Crippen molar-refractivity contribution < 1.29 is 14.3 Å². The number of aromatic nitrogens is 1. The number of rotatable bonds is 3. The van der Waals surface area contributed by atoms with Gasteiger partial charge in [-0.25, -0.2) is 9.78 Å². The van der Waals surface area contributed by atoms with E-state index in [-0.39, 0.29) is 5.91 Å². The van der Waals surface area contributed by atoms with Crippen molar-refractivity contribution in [2.24, 2.45) is 0 Å². The second-order valence-corrected chi connectivity index (χ2v) is 6.93. The largest absolute Gasteiger partial charge is 0.494 e. The monoisotopic (exact) mass is 348 g/mol. The van der Waals surface area contributed by atoms with Gasteiger partial charge in [0.25, 0.3) is 0 Å². The van der Waals surface area contributed by atoms with Crippen LogP contribution in [-0.4, -0.2) is 36.6 Å². The molecule has 0 bridgehead atoms. The summed E-state index contributed by atoms with van der Waals surface area (Å²) in [5.74, 6) is 0.399. The number of methoxy groups -OCH3 is 1. The number of urea groups is 1. The fourth-order valence-electron chi connectivity index (χ4n) is 2.73. The summed E-state index contributed by atoms with van der Waals surface area (Å²) in [6.45, 7) is 2.59. The third-order valence-electron chi connectivity index (χ3n) is 3.91. The SMILES string of the molecule is COc1cc2nc(C)sc2cc1NC(=O)NC1CCCCNC1=O. The second kappa shape index (κ2) is 7.04. The molecule has 0 aliphatic carbocycles. The molecule has 1 unspecified atom stereocenters. The number of hydrogen-bond acceptors (Lipinski definition) is 5. The van der Waals surface area contributed by atoms with E-state index in [0.29, 0.717) is 24.4 Å². The van der Waals surface area contributed by atoms with Gasteiger partial charge in [-0.15, -0.1) is 11.3 Å². The van der Waals surface area contributed by atoms with Gasteiger partial charge in [-0.3, -0.25) is 4.79 Å². The van der Waals surface area contributed by atoms with Gasteiger partial charge in [-0.05, 0) is 32.3 Å². The van der Waals surface area contributed by atoms with E-state index >= 15 is 0 Å². The molecule has 0 radical (unpaired) electrons. The number of carbonyl (C=O) groups excluding carboxylic acids is 2. The number of nitrogens with one attached hydrogen (secondary N) is 3. The van der Waals surface area contributed by atoms with Crippen molar-refractivity contribution in [3.8, 4) is 5.75 Å². The third kappa shape index (κ3) is 3.59. The van der Waals surface area contributed by atoms with Gasteiger partial charge >= 0.3 is 6.03 Å². The first-order valence-electron chi connectivity index (χ1n) is 7.87. The van der Waals surface area contributed by atoms with E-state index in [2.05, 4.69) is 20.9 Å². The summed E-state index contributed by atoms with van der Waals surface area (Å²) < 4.78 is 6.31. The lowest BCUT2D eigenvalue weighted by atomic mass is 10.1. The van der Waals surface area contributed by atoms with E-state index in [1.807, 2.05) is 13.0 Å². The summed E-state index contributed by atoms with van der Waals surface area (Å²) in [5, 5.41) is 9.26.